The van der Waals surface area contributed by atoms with Gasteiger partial charge in [-0.3, -0.25) is 13.8 Å². The van der Waals surface area contributed by atoms with Gasteiger partial charge in [0.2, 0.25) is 0 Å². The summed E-state index contributed by atoms with van der Waals surface area (Å²) in [5, 5.41) is 11.8. The van der Waals surface area contributed by atoms with Crippen molar-refractivity contribution in [3.8, 4) is 10.7 Å². The lowest BCUT2D eigenvalue weighted by Gasteiger charge is -2.08. The van der Waals surface area contributed by atoms with Crippen LogP contribution in [-0.2, 0) is 5.75 Å². The van der Waals surface area contributed by atoms with E-state index in [2.05, 4.69) is 31.2 Å². The molecule has 0 N–H and O–H groups in total. The van der Waals surface area contributed by atoms with E-state index in [4.69, 9.17) is 0 Å². The molecule has 4 aromatic heterocycles. The van der Waals surface area contributed by atoms with Crippen LogP contribution >= 0.6 is 23.1 Å². The standard InChI is InChI=1S/C19H17N5OS2/c1-12-4-2-6-16-20-13(10-17(25)23(12)16)11-27-19-22-21-18(15-5-3-9-26-15)24(19)14-7-8-14/h2-6,9-10,14H,7-8,11H2,1H3. The lowest BCUT2D eigenvalue weighted by Crippen LogP contribution is -2.17. The second-order valence-electron chi connectivity index (χ2n) is 6.62. The fraction of sp³-hybridized carbons (Fsp3) is 0.263. The SMILES string of the molecule is Cc1cccc2nc(CSc3nnc(-c4cccs4)n3C3CC3)cc(=O)n12. The van der Waals surface area contributed by atoms with E-state index >= 15 is 0 Å². The van der Waals surface area contributed by atoms with E-state index in [9.17, 15) is 4.79 Å². The first-order chi connectivity index (χ1) is 13.2. The van der Waals surface area contributed by atoms with Crippen molar-refractivity contribution in [1.82, 2.24) is 24.1 Å². The molecule has 8 heteroatoms. The van der Waals surface area contributed by atoms with Crippen molar-refractivity contribution in [3.05, 3.63) is 63.5 Å². The highest BCUT2D eigenvalue weighted by molar-refractivity contribution is 7.98. The molecule has 1 fully saturated rings. The number of aromatic nitrogens is 5. The van der Waals surface area contributed by atoms with Gasteiger partial charge in [0.1, 0.15) is 5.65 Å². The molecule has 27 heavy (non-hydrogen) atoms. The Morgan fingerprint density at radius 2 is 2.11 bits per heavy atom. The minimum atomic E-state index is -0.0448. The maximum atomic E-state index is 12.5. The molecule has 4 aromatic rings. The first kappa shape index (κ1) is 16.7. The van der Waals surface area contributed by atoms with Crippen LogP contribution in [0.1, 0.15) is 30.3 Å². The summed E-state index contributed by atoms with van der Waals surface area (Å²) in [6.07, 6.45) is 2.33. The number of thioether (sulfide) groups is 1. The molecule has 0 unspecified atom stereocenters. The third-order valence-electron chi connectivity index (χ3n) is 4.60. The van der Waals surface area contributed by atoms with Gasteiger partial charge in [-0.15, -0.1) is 21.5 Å². The summed E-state index contributed by atoms with van der Waals surface area (Å²) >= 11 is 3.27. The molecule has 136 valence electrons. The molecule has 1 aliphatic carbocycles. The van der Waals surface area contributed by atoms with Crippen LogP contribution in [0.3, 0.4) is 0 Å². The highest BCUT2D eigenvalue weighted by Crippen LogP contribution is 2.42. The first-order valence-corrected chi connectivity index (χ1v) is 10.7. The predicted octanol–water partition coefficient (Wildman–Crippen LogP) is 3.95. The number of hydrogen-bond donors (Lipinski definition) is 0. The molecule has 0 radical (unpaired) electrons. The molecule has 0 aromatic carbocycles. The summed E-state index contributed by atoms with van der Waals surface area (Å²) in [5.74, 6) is 1.53. The van der Waals surface area contributed by atoms with Gasteiger partial charge < -0.3 is 0 Å². The Bertz CT molecular complexity index is 1170. The van der Waals surface area contributed by atoms with Crippen molar-refractivity contribution < 1.29 is 0 Å². The average Bonchev–Trinajstić information content (AvgIpc) is 3.17. The monoisotopic (exact) mass is 395 g/mol. The molecule has 6 nitrogen and oxygen atoms in total. The largest absolute Gasteiger partial charge is 0.298 e. The molecular weight excluding hydrogens is 378 g/mol. The predicted molar refractivity (Wildman–Crippen MR) is 107 cm³/mol. The molecule has 0 saturated heterocycles. The number of hydrogen-bond acceptors (Lipinski definition) is 6. The fourth-order valence-electron chi connectivity index (χ4n) is 3.19. The number of fused-ring (bicyclic) bond motifs is 1. The van der Waals surface area contributed by atoms with E-state index in [0.717, 1.165) is 27.2 Å². The van der Waals surface area contributed by atoms with Crippen molar-refractivity contribution in [2.45, 2.75) is 36.7 Å². The van der Waals surface area contributed by atoms with Gasteiger partial charge in [0, 0.05) is 23.6 Å². The third kappa shape index (κ3) is 3.08. The summed E-state index contributed by atoms with van der Waals surface area (Å²) in [4.78, 5) is 18.2. The number of nitrogens with zero attached hydrogens (tertiary/aromatic N) is 5. The molecule has 0 spiro atoms. The first-order valence-electron chi connectivity index (χ1n) is 8.80. The van der Waals surface area contributed by atoms with Gasteiger partial charge in [-0.2, -0.15) is 0 Å². The van der Waals surface area contributed by atoms with E-state index in [1.165, 1.54) is 12.8 Å². The Balaban J connectivity index is 1.46. The summed E-state index contributed by atoms with van der Waals surface area (Å²) in [5.41, 5.74) is 2.29. The van der Waals surface area contributed by atoms with Gasteiger partial charge in [-0.05, 0) is 43.3 Å². The van der Waals surface area contributed by atoms with Crippen LogP contribution in [0.4, 0.5) is 0 Å². The number of rotatable bonds is 5. The smallest absolute Gasteiger partial charge is 0.258 e. The van der Waals surface area contributed by atoms with E-state index < -0.39 is 0 Å². The Hall–Kier alpha value is -2.45. The van der Waals surface area contributed by atoms with Crippen molar-refractivity contribution in [3.63, 3.8) is 0 Å². The zero-order valence-corrected chi connectivity index (χ0v) is 16.3. The number of aryl methyl sites for hydroxylation is 1. The van der Waals surface area contributed by atoms with Crippen LogP contribution in [0, 0.1) is 6.92 Å². The highest BCUT2D eigenvalue weighted by atomic mass is 32.2. The second kappa shape index (κ2) is 6.61. The Morgan fingerprint density at radius 3 is 2.89 bits per heavy atom. The van der Waals surface area contributed by atoms with Gasteiger partial charge in [0.15, 0.2) is 11.0 Å². The van der Waals surface area contributed by atoms with Gasteiger partial charge in [0.05, 0.1) is 10.6 Å². The van der Waals surface area contributed by atoms with E-state index in [0.29, 0.717) is 17.4 Å². The fourth-order valence-corrected chi connectivity index (χ4v) is 4.79. The zero-order chi connectivity index (χ0) is 18.4. The molecule has 0 amide bonds. The maximum absolute atomic E-state index is 12.5. The van der Waals surface area contributed by atoms with Gasteiger partial charge >= 0.3 is 0 Å². The molecule has 5 rings (SSSR count). The van der Waals surface area contributed by atoms with Crippen molar-refractivity contribution in [1.29, 1.82) is 0 Å². The maximum Gasteiger partial charge on any atom is 0.258 e. The van der Waals surface area contributed by atoms with E-state index in [1.54, 1.807) is 33.6 Å². The number of pyridine rings is 1. The van der Waals surface area contributed by atoms with Crippen molar-refractivity contribution in [2.24, 2.45) is 0 Å². The second-order valence-corrected chi connectivity index (χ2v) is 8.51. The third-order valence-corrected chi connectivity index (χ3v) is 6.44. The lowest BCUT2D eigenvalue weighted by atomic mass is 10.3. The van der Waals surface area contributed by atoms with Crippen LogP contribution in [0.25, 0.3) is 16.3 Å². The Kier molecular flexibility index (Phi) is 4.09. The van der Waals surface area contributed by atoms with Crippen molar-refractivity contribution in [2.75, 3.05) is 0 Å². The van der Waals surface area contributed by atoms with Crippen molar-refractivity contribution >= 4 is 28.7 Å². The summed E-state index contributed by atoms with van der Waals surface area (Å²) in [7, 11) is 0. The van der Waals surface area contributed by atoms with Crippen LogP contribution in [-0.4, -0.2) is 24.1 Å². The molecule has 4 heterocycles. The zero-order valence-electron chi connectivity index (χ0n) is 14.7. The van der Waals surface area contributed by atoms with Gasteiger partial charge in [-0.25, -0.2) is 4.98 Å². The molecule has 0 bridgehead atoms. The molecule has 0 atom stereocenters. The molecule has 1 aliphatic rings. The topological polar surface area (TPSA) is 65.1 Å². The van der Waals surface area contributed by atoms with Gasteiger partial charge in [-0.1, -0.05) is 23.9 Å². The Labute approximate surface area is 163 Å². The summed E-state index contributed by atoms with van der Waals surface area (Å²) in [6.45, 7) is 1.91. The highest BCUT2D eigenvalue weighted by Gasteiger charge is 2.30. The van der Waals surface area contributed by atoms with Crippen LogP contribution in [0.15, 0.2) is 51.7 Å². The van der Waals surface area contributed by atoms with Gasteiger partial charge in [0.25, 0.3) is 5.56 Å². The van der Waals surface area contributed by atoms with Crippen LogP contribution in [0.2, 0.25) is 0 Å². The molecule has 0 aliphatic heterocycles. The molecular formula is C19H17N5OS2. The normalized spacial score (nSPS) is 14.1. The van der Waals surface area contributed by atoms with E-state index in [1.807, 2.05) is 31.2 Å². The lowest BCUT2D eigenvalue weighted by molar-refractivity contribution is 0.670. The van der Waals surface area contributed by atoms with Crippen LogP contribution in [0.5, 0.6) is 0 Å². The number of thiophene rings is 1. The van der Waals surface area contributed by atoms with E-state index in [-0.39, 0.29) is 5.56 Å². The quantitative estimate of drug-likeness (QED) is 0.479. The minimum Gasteiger partial charge on any atom is -0.298 e. The average molecular weight is 396 g/mol. The van der Waals surface area contributed by atoms with Crippen LogP contribution < -0.4 is 5.56 Å². The molecule has 1 saturated carbocycles. The summed E-state index contributed by atoms with van der Waals surface area (Å²) in [6, 6.07) is 11.9. The summed E-state index contributed by atoms with van der Waals surface area (Å²) < 4.78 is 3.88. The Morgan fingerprint density at radius 1 is 1.22 bits per heavy atom. The minimum absolute atomic E-state index is 0.0448.